The average molecular weight is 565 g/mol. The predicted molar refractivity (Wildman–Crippen MR) is 117 cm³/mol. The number of aromatic amines is 1. The van der Waals surface area contributed by atoms with Gasteiger partial charge in [0, 0.05) is 24.8 Å². The smallest absolute Gasteiger partial charge is 0.238 e. The highest BCUT2D eigenvalue weighted by atomic mass is 127. The van der Waals surface area contributed by atoms with Gasteiger partial charge in [-0.1, -0.05) is 23.7 Å². The van der Waals surface area contributed by atoms with E-state index in [0.29, 0.717) is 9.99 Å². The summed E-state index contributed by atoms with van der Waals surface area (Å²) in [6, 6.07) is 10.9. The Bertz CT molecular complexity index is 1090. The lowest BCUT2D eigenvalue weighted by Gasteiger charge is -2.15. The number of carbonyl (C=O) groups is 1. The molecule has 3 rings (SSSR count). The lowest BCUT2D eigenvalue weighted by molar-refractivity contribution is 0.101. The number of Topliss-reactive ketones (excluding diaryl/α,β-unsaturated/α-hetero) is 1. The molecule has 0 spiro atoms. The van der Waals surface area contributed by atoms with Gasteiger partial charge in [0.05, 0.1) is 15.9 Å². The Hall–Kier alpha value is -0.870. The lowest BCUT2D eigenvalue weighted by atomic mass is 10.1. The van der Waals surface area contributed by atoms with Crippen molar-refractivity contribution < 1.29 is 9.35 Å². The van der Waals surface area contributed by atoms with Gasteiger partial charge < -0.3 is 9.54 Å². The predicted octanol–water partition coefficient (Wildman–Crippen LogP) is 5.06. The molecule has 134 valence electrons. The number of H-pyrrole nitrogens is 1. The number of fused-ring (bicyclic) bond motifs is 1. The van der Waals surface area contributed by atoms with Gasteiger partial charge in [0.1, 0.15) is 11.3 Å². The van der Waals surface area contributed by atoms with E-state index in [1.54, 1.807) is 12.1 Å². The second-order valence-corrected chi connectivity index (χ2v) is 9.51. The monoisotopic (exact) mass is 563 g/mol. The van der Waals surface area contributed by atoms with E-state index in [4.69, 9.17) is 11.6 Å². The molecule has 1 heterocycles. The van der Waals surface area contributed by atoms with E-state index < -0.39 is 22.4 Å². The minimum absolute atomic E-state index is 0.110. The largest absolute Gasteiger partial charge is 0.610 e. The Kier molecular flexibility index (Phi) is 6.13. The maximum atomic E-state index is 13.0. The molecule has 0 saturated carbocycles. The first-order valence-electron chi connectivity index (χ1n) is 7.47. The van der Waals surface area contributed by atoms with Gasteiger partial charge in [-0.05, 0) is 69.7 Å². The highest BCUT2D eigenvalue weighted by molar-refractivity contribution is 14.1. The Labute approximate surface area is 179 Å². The second-order valence-electron chi connectivity index (χ2n) is 5.61. The number of ketones is 1. The molecule has 0 aliphatic rings. The van der Waals surface area contributed by atoms with Crippen LogP contribution >= 0.6 is 50.1 Å². The van der Waals surface area contributed by atoms with Crippen molar-refractivity contribution in [2.24, 2.45) is 0 Å². The van der Waals surface area contributed by atoms with Gasteiger partial charge in [0.25, 0.3) is 0 Å². The van der Waals surface area contributed by atoms with Crippen molar-refractivity contribution in [2.75, 3.05) is 0 Å². The minimum atomic E-state index is -1.60. The third-order valence-electron chi connectivity index (χ3n) is 3.79. The van der Waals surface area contributed by atoms with E-state index in [9.17, 15) is 14.1 Å². The molecule has 1 N–H and O–H groups in total. The summed E-state index contributed by atoms with van der Waals surface area (Å²) in [5.41, 5.74) is 0.666. The van der Waals surface area contributed by atoms with Crippen LogP contribution in [0.3, 0.4) is 0 Å². The van der Waals surface area contributed by atoms with E-state index in [0.717, 1.165) is 9.13 Å². The molecule has 0 amide bonds. The first kappa shape index (κ1) is 19.9. The fourth-order valence-electron chi connectivity index (χ4n) is 2.64. The maximum absolute atomic E-state index is 13.0. The summed E-state index contributed by atoms with van der Waals surface area (Å²) in [4.78, 5) is 28.0. The summed E-state index contributed by atoms with van der Waals surface area (Å²) in [5.74, 6) is -0.258. The highest BCUT2D eigenvalue weighted by Crippen LogP contribution is 2.29. The Morgan fingerprint density at radius 3 is 2.73 bits per heavy atom. The number of hydrogen-bond donors (Lipinski definition) is 1. The number of hydrogen-bond acceptors (Lipinski definition) is 3. The van der Waals surface area contributed by atoms with Crippen LogP contribution in [0.4, 0.5) is 0 Å². The number of carbonyl (C=O) groups excluding carboxylic acids is 1. The number of aromatic nitrogens is 1. The highest BCUT2D eigenvalue weighted by Gasteiger charge is 2.27. The van der Waals surface area contributed by atoms with Crippen LogP contribution in [0.5, 0.6) is 0 Å². The number of benzene rings is 2. The molecule has 0 fully saturated rings. The SMILES string of the molecule is CC(=O)c1c([S+]([O-])Cc2cccc(I)c2)[nH]c2c(Br)ccc(Cl)c2c1=O. The fraction of sp³-hybridized carbons (Fsp3) is 0.111. The quantitative estimate of drug-likeness (QED) is 0.274. The van der Waals surface area contributed by atoms with E-state index in [-0.39, 0.29) is 26.8 Å². The van der Waals surface area contributed by atoms with Gasteiger partial charge in [-0.3, -0.25) is 9.59 Å². The van der Waals surface area contributed by atoms with E-state index in [1.807, 2.05) is 24.3 Å². The fourth-order valence-corrected chi connectivity index (χ4v) is 5.23. The molecule has 0 radical (unpaired) electrons. The van der Waals surface area contributed by atoms with Gasteiger partial charge in [-0.15, -0.1) is 0 Å². The maximum Gasteiger partial charge on any atom is 0.238 e. The minimum Gasteiger partial charge on any atom is -0.610 e. The van der Waals surface area contributed by atoms with Crippen molar-refractivity contribution >= 4 is 78.0 Å². The first-order chi connectivity index (χ1) is 12.3. The van der Waals surface area contributed by atoms with Crippen molar-refractivity contribution in [1.82, 2.24) is 4.98 Å². The zero-order valence-corrected chi connectivity index (χ0v) is 18.8. The normalized spacial score (nSPS) is 12.3. The van der Waals surface area contributed by atoms with Crippen LogP contribution in [0.15, 0.2) is 50.7 Å². The zero-order valence-electron chi connectivity index (χ0n) is 13.4. The third-order valence-corrected chi connectivity index (χ3v) is 6.79. The number of halogens is 3. The summed E-state index contributed by atoms with van der Waals surface area (Å²) in [6.45, 7) is 1.29. The number of rotatable bonds is 4. The van der Waals surface area contributed by atoms with Gasteiger partial charge in [-0.25, -0.2) is 0 Å². The molecule has 1 unspecified atom stereocenters. The Morgan fingerprint density at radius 2 is 2.08 bits per heavy atom. The third kappa shape index (κ3) is 3.87. The van der Waals surface area contributed by atoms with Crippen molar-refractivity contribution in [1.29, 1.82) is 0 Å². The van der Waals surface area contributed by atoms with E-state index >= 15 is 0 Å². The molecule has 0 aliphatic heterocycles. The van der Waals surface area contributed by atoms with Gasteiger partial charge >= 0.3 is 0 Å². The second kappa shape index (κ2) is 8.02. The van der Waals surface area contributed by atoms with Crippen molar-refractivity contribution in [2.45, 2.75) is 17.7 Å². The molecule has 4 nitrogen and oxygen atoms in total. The molecule has 3 aromatic rings. The molecule has 0 saturated heterocycles. The average Bonchev–Trinajstić information content (AvgIpc) is 2.57. The molecule has 1 aromatic heterocycles. The zero-order chi connectivity index (χ0) is 19.0. The van der Waals surface area contributed by atoms with Crippen LogP contribution in [0.25, 0.3) is 10.9 Å². The molecule has 1 atom stereocenters. The van der Waals surface area contributed by atoms with Gasteiger partial charge in [0.2, 0.25) is 10.5 Å². The summed E-state index contributed by atoms with van der Waals surface area (Å²) in [5, 5.41) is 0.569. The standard InChI is InChI=1S/C18H12BrClINO3S/c1-9(23)14-17(24)15-13(20)6-5-12(19)16(15)22-18(14)26(25)8-10-3-2-4-11(21)7-10/h2-7H,8H2,1H3,(H,22,24). The molecule has 0 bridgehead atoms. The Morgan fingerprint density at radius 1 is 1.35 bits per heavy atom. The Balaban J connectivity index is 2.21. The van der Waals surface area contributed by atoms with Crippen LogP contribution in [0.1, 0.15) is 22.8 Å². The molecule has 8 heteroatoms. The van der Waals surface area contributed by atoms with E-state index in [2.05, 4.69) is 43.5 Å². The molecular formula is C18H12BrClINO3S. The molecule has 26 heavy (non-hydrogen) atoms. The topological polar surface area (TPSA) is 73.0 Å². The summed E-state index contributed by atoms with van der Waals surface area (Å²) < 4.78 is 14.6. The molecule has 0 aliphatic carbocycles. The van der Waals surface area contributed by atoms with E-state index in [1.165, 1.54) is 6.92 Å². The molecular weight excluding hydrogens is 553 g/mol. The van der Waals surface area contributed by atoms with Crippen LogP contribution in [-0.2, 0) is 16.9 Å². The summed E-state index contributed by atoms with van der Waals surface area (Å²) in [6.07, 6.45) is 0. The van der Waals surface area contributed by atoms with Crippen molar-refractivity contribution in [3.05, 3.63) is 70.8 Å². The summed E-state index contributed by atoms with van der Waals surface area (Å²) in [7, 11) is 0. The van der Waals surface area contributed by atoms with Crippen LogP contribution < -0.4 is 5.43 Å². The number of pyridine rings is 1. The molecule has 2 aromatic carbocycles. The van der Waals surface area contributed by atoms with Crippen molar-refractivity contribution in [3.63, 3.8) is 0 Å². The van der Waals surface area contributed by atoms with Gasteiger partial charge in [-0.2, -0.15) is 0 Å². The van der Waals surface area contributed by atoms with Crippen LogP contribution in [0, 0.1) is 3.57 Å². The van der Waals surface area contributed by atoms with Gasteiger partial charge in [0.15, 0.2) is 5.78 Å². The number of nitrogens with one attached hydrogen (secondary N) is 1. The summed E-state index contributed by atoms with van der Waals surface area (Å²) >= 11 is 10.1. The van der Waals surface area contributed by atoms with Crippen LogP contribution in [-0.4, -0.2) is 15.3 Å². The first-order valence-corrected chi connectivity index (χ1v) is 11.0. The van der Waals surface area contributed by atoms with Crippen LogP contribution in [0.2, 0.25) is 5.02 Å². The van der Waals surface area contributed by atoms with Crippen molar-refractivity contribution in [3.8, 4) is 0 Å². The lowest BCUT2D eigenvalue weighted by Crippen LogP contribution is -2.22.